The predicted octanol–water partition coefficient (Wildman–Crippen LogP) is 0.952. The van der Waals surface area contributed by atoms with Gasteiger partial charge >= 0.3 is 0 Å². The average Bonchev–Trinajstić information content (AvgIpc) is 2.78. The van der Waals surface area contributed by atoms with E-state index in [2.05, 4.69) is 9.55 Å². The summed E-state index contributed by atoms with van der Waals surface area (Å²) >= 11 is 0. The van der Waals surface area contributed by atoms with Crippen LogP contribution in [0.3, 0.4) is 0 Å². The quantitative estimate of drug-likeness (QED) is 0.803. The molecule has 2 atom stereocenters. The third-order valence-electron chi connectivity index (χ3n) is 2.73. The number of aromatic nitrogens is 2. The van der Waals surface area contributed by atoms with Crippen LogP contribution in [-0.4, -0.2) is 28.3 Å². The molecule has 2 rings (SSSR count). The number of imidazole rings is 1. The standard InChI is InChI=1S/C11H19N3O/c1-9(12)7-11-13-4-5-14(11)8-10-3-2-6-15-10/h4-5,9-10H,2-3,6-8,12H2,1H3. The molecule has 1 fully saturated rings. The van der Waals surface area contributed by atoms with E-state index in [0.717, 1.165) is 31.8 Å². The van der Waals surface area contributed by atoms with Gasteiger partial charge < -0.3 is 15.0 Å². The van der Waals surface area contributed by atoms with Crippen molar-refractivity contribution in [3.63, 3.8) is 0 Å². The molecule has 1 aliphatic rings. The van der Waals surface area contributed by atoms with Gasteiger partial charge in [-0.1, -0.05) is 0 Å². The number of ether oxygens (including phenoxy) is 1. The molecule has 0 aromatic carbocycles. The van der Waals surface area contributed by atoms with Crippen molar-refractivity contribution in [2.24, 2.45) is 5.73 Å². The second kappa shape index (κ2) is 4.77. The van der Waals surface area contributed by atoms with E-state index in [1.165, 1.54) is 6.42 Å². The molecule has 1 saturated heterocycles. The number of rotatable bonds is 4. The molecule has 2 unspecified atom stereocenters. The largest absolute Gasteiger partial charge is 0.376 e. The van der Waals surface area contributed by atoms with Crippen molar-refractivity contribution in [1.82, 2.24) is 9.55 Å². The van der Waals surface area contributed by atoms with Crippen LogP contribution < -0.4 is 5.73 Å². The van der Waals surface area contributed by atoms with Crippen LogP contribution in [0.15, 0.2) is 12.4 Å². The van der Waals surface area contributed by atoms with Crippen molar-refractivity contribution in [3.8, 4) is 0 Å². The van der Waals surface area contributed by atoms with Crippen LogP contribution in [0.25, 0.3) is 0 Å². The third kappa shape index (κ3) is 2.79. The summed E-state index contributed by atoms with van der Waals surface area (Å²) in [5, 5.41) is 0. The lowest BCUT2D eigenvalue weighted by Crippen LogP contribution is -2.23. The van der Waals surface area contributed by atoms with Gasteiger partial charge in [-0.2, -0.15) is 0 Å². The minimum absolute atomic E-state index is 0.163. The minimum atomic E-state index is 0.163. The molecule has 84 valence electrons. The highest BCUT2D eigenvalue weighted by Gasteiger charge is 2.17. The SMILES string of the molecule is CC(N)Cc1nccn1CC1CCCO1. The summed E-state index contributed by atoms with van der Waals surface area (Å²) < 4.78 is 7.77. The molecule has 2 N–H and O–H groups in total. The summed E-state index contributed by atoms with van der Waals surface area (Å²) in [5.41, 5.74) is 5.78. The van der Waals surface area contributed by atoms with E-state index in [1.54, 1.807) is 0 Å². The molecular formula is C11H19N3O. The second-order valence-electron chi connectivity index (χ2n) is 4.31. The molecule has 0 radical (unpaired) electrons. The maximum absolute atomic E-state index is 5.78. The summed E-state index contributed by atoms with van der Waals surface area (Å²) in [6, 6.07) is 0.163. The van der Waals surface area contributed by atoms with Crippen LogP contribution in [0.2, 0.25) is 0 Å². The van der Waals surface area contributed by atoms with Gasteiger partial charge in [-0.15, -0.1) is 0 Å². The van der Waals surface area contributed by atoms with Crippen molar-refractivity contribution in [3.05, 3.63) is 18.2 Å². The molecular weight excluding hydrogens is 190 g/mol. The maximum Gasteiger partial charge on any atom is 0.110 e. The van der Waals surface area contributed by atoms with Gasteiger partial charge in [-0.05, 0) is 19.8 Å². The Balaban J connectivity index is 1.97. The Morgan fingerprint density at radius 2 is 2.60 bits per heavy atom. The molecule has 0 saturated carbocycles. The Hall–Kier alpha value is -0.870. The average molecular weight is 209 g/mol. The van der Waals surface area contributed by atoms with Crippen molar-refractivity contribution in [1.29, 1.82) is 0 Å². The number of nitrogens with zero attached hydrogens (tertiary/aromatic N) is 2. The Morgan fingerprint density at radius 1 is 1.73 bits per heavy atom. The van der Waals surface area contributed by atoms with Gasteiger partial charge in [0.2, 0.25) is 0 Å². The van der Waals surface area contributed by atoms with Gasteiger partial charge in [0.15, 0.2) is 0 Å². The van der Waals surface area contributed by atoms with E-state index in [4.69, 9.17) is 10.5 Å². The molecule has 2 heterocycles. The zero-order chi connectivity index (χ0) is 10.7. The fourth-order valence-electron chi connectivity index (χ4n) is 1.99. The molecule has 0 amide bonds. The van der Waals surface area contributed by atoms with Gasteiger partial charge in [0.25, 0.3) is 0 Å². The van der Waals surface area contributed by atoms with E-state index in [9.17, 15) is 0 Å². The topological polar surface area (TPSA) is 53.1 Å². The lowest BCUT2D eigenvalue weighted by Gasteiger charge is -2.13. The third-order valence-corrected chi connectivity index (χ3v) is 2.73. The summed E-state index contributed by atoms with van der Waals surface area (Å²) in [6.07, 6.45) is 7.40. The van der Waals surface area contributed by atoms with Gasteiger partial charge in [0, 0.05) is 31.5 Å². The van der Waals surface area contributed by atoms with Crippen molar-refractivity contribution in [2.75, 3.05) is 6.61 Å². The normalized spacial score (nSPS) is 23.2. The number of hydrogen-bond donors (Lipinski definition) is 1. The first-order valence-corrected chi connectivity index (χ1v) is 5.63. The molecule has 0 spiro atoms. The predicted molar refractivity (Wildman–Crippen MR) is 58.6 cm³/mol. The van der Waals surface area contributed by atoms with Crippen LogP contribution in [0.5, 0.6) is 0 Å². The van der Waals surface area contributed by atoms with Crippen LogP contribution in [-0.2, 0) is 17.7 Å². The van der Waals surface area contributed by atoms with Crippen molar-refractivity contribution in [2.45, 2.75) is 44.9 Å². The minimum Gasteiger partial charge on any atom is -0.376 e. The van der Waals surface area contributed by atoms with Crippen LogP contribution in [0.4, 0.5) is 0 Å². The summed E-state index contributed by atoms with van der Waals surface area (Å²) in [7, 11) is 0. The Morgan fingerprint density at radius 3 is 3.27 bits per heavy atom. The first-order valence-electron chi connectivity index (χ1n) is 5.63. The van der Waals surface area contributed by atoms with E-state index in [-0.39, 0.29) is 6.04 Å². The summed E-state index contributed by atoms with van der Waals surface area (Å²) in [5.74, 6) is 1.07. The summed E-state index contributed by atoms with van der Waals surface area (Å²) in [6.45, 7) is 3.83. The van der Waals surface area contributed by atoms with Crippen LogP contribution in [0, 0.1) is 0 Å². The smallest absolute Gasteiger partial charge is 0.110 e. The van der Waals surface area contributed by atoms with Crippen molar-refractivity contribution >= 4 is 0 Å². The summed E-state index contributed by atoms with van der Waals surface area (Å²) in [4.78, 5) is 4.33. The van der Waals surface area contributed by atoms with E-state index >= 15 is 0 Å². The zero-order valence-corrected chi connectivity index (χ0v) is 9.22. The highest BCUT2D eigenvalue weighted by molar-refractivity contribution is 4.95. The molecule has 1 aromatic rings. The monoisotopic (exact) mass is 209 g/mol. The Bertz CT molecular complexity index is 303. The molecule has 0 bridgehead atoms. The maximum atomic E-state index is 5.78. The zero-order valence-electron chi connectivity index (χ0n) is 9.22. The Labute approximate surface area is 90.4 Å². The first kappa shape index (κ1) is 10.6. The van der Waals surface area contributed by atoms with Gasteiger partial charge in [-0.25, -0.2) is 4.98 Å². The lowest BCUT2D eigenvalue weighted by atomic mass is 10.2. The lowest BCUT2D eigenvalue weighted by molar-refractivity contribution is 0.0962. The van der Waals surface area contributed by atoms with E-state index in [1.807, 2.05) is 19.3 Å². The molecule has 0 aliphatic carbocycles. The molecule has 4 heteroatoms. The van der Waals surface area contributed by atoms with Gasteiger partial charge in [-0.3, -0.25) is 0 Å². The van der Waals surface area contributed by atoms with Crippen LogP contribution in [0.1, 0.15) is 25.6 Å². The molecule has 1 aromatic heterocycles. The number of hydrogen-bond acceptors (Lipinski definition) is 3. The molecule has 4 nitrogen and oxygen atoms in total. The van der Waals surface area contributed by atoms with E-state index < -0.39 is 0 Å². The van der Waals surface area contributed by atoms with Gasteiger partial charge in [0.05, 0.1) is 12.6 Å². The molecule has 15 heavy (non-hydrogen) atoms. The number of nitrogens with two attached hydrogens (primary N) is 1. The highest BCUT2D eigenvalue weighted by atomic mass is 16.5. The van der Waals surface area contributed by atoms with E-state index in [0.29, 0.717) is 6.10 Å². The van der Waals surface area contributed by atoms with Crippen LogP contribution >= 0.6 is 0 Å². The first-order chi connectivity index (χ1) is 7.25. The fourth-order valence-corrected chi connectivity index (χ4v) is 1.99. The van der Waals surface area contributed by atoms with Crippen molar-refractivity contribution < 1.29 is 4.74 Å². The highest BCUT2D eigenvalue weighted by Crippen LogP contribution is 2.15. The Kier molecular flexibility index (Phi) is 3.38. The van der Waals surface area contributed by atoms with Gasteiger partial charge in [0.1, 0.15) is 5.82 Å². The fraction of sp³-hybridized carbons (Fsp3) is 0.727. The second-order valence-corrected chi connectivity index (χ2v) is 4.31. The molecule has 1 aliphatic heterocycles.